The summed E-state index contributed by atoms with van der Waals surface area (Å²) in [4.78, 5) is 8.90. The maximum Gasteiger partial charge on any atom is 0.0924 e. The molecule has 90 valence electrons. The van der Waals surface area contributed by atoms with Crippen LogP contribution in [0, 0.1) is 0 Å². The number of hydrogen-bond acceptors (Lipinski definition) is 4. The average Bonchev–Trinajstić information content (AvgIpc) is 2.87. The fraction of sp³-hybridized carbons (Fsp3) is 0.154. The van der Waals surface area contributed by atoms with E-state index in [9.17, 15) is 0 Å². The number of aromatic nitrogens is 4. The van der Waals surface area contributed by atoms with Crippen molar-refractivity contribution >= 4 is 11.0 Å². The van der Waals surface area contributed by atoms with Gasteiger partial charge in [0, 0.05) is 11.8 Å². The third-order valence-electron chi connectivity index (χ3n) is 2.71. The highest BCUT2D eigenvalue weighted by atomic mass is 16.3. The zero-order valence-electron chi connectivity index (χ0n) is 9.69. The summed E-state index contributed by atoms with van der Waals surface area (Å²) < 4.78 is 1.69. The summed E-state index contributed by atoms with van der Waals surface area (Å²) in [6.07, 6.45) is 5.33. The van der Waals surface area contributed by atoms with Crippen molar-refractivity contribution in [3.05, 3.63) is 42.9 Å². The molecule has 2 aromatic heterocycles. The number of aliphatic hydroxyl groups is 1. The largest absolute Gasteiger partial charge is 0.394 e. The first kappa shape index (κ1) is 10.9. The summed E-state index contributed by atoms with van der Waals surface area (Å²) in [6.45, 7) is 0.561. The fourth-order valence-corrected chi connectivity index (χ4v) is 1.82. The number of rotatable bonds is 3. The number of nitrogens with zero attached hydrogens (tertiary/aromatic N) is 4. The number of aliphatic hydroxyl groups excluding tert-OH is 1. The molecule has 1 aromatic carbocycles. The Morgan fingerprint density at radius 1 is 1.11 bits per heavy atom. The summed E-state index contributed by atoms with van der Waals surface area (Å²) in [5, 5.41) is 13.0. The Morgan fingerprint density at radius 2 is 1.94 bits per heavy atom. The standard InChI is InChI=1S/C13H12N4O/c18-6-5-17-9-10(7-15-17)13-8-14-11-3-1-2-4-12(11)16-13/h1-4,7-9,18H,5-6H2. The van der Waals surface area contributed by atoms with Crippen molar-refractivity contribution < 1.29 is 5.11 Å². The molecule has 3 aromatic rings. The molecule has 0 bridgehead atoms. The van der Waals surface area contributed by atoms with Crippen molar-refractivity contribution in [2.45, 2.75) is 6.54 Å². The Balaban J connectivity index is 2.02. The lowest BCUT2D eigenvalue weighted by Crippen LogP contribution is -2.01. The van der Waals surface area contributed by atoms with Crippen LogP contribution in [0.3, 0.4) is 0 Å². The van der Waals surface area contributed by atoms with Gasteiger partial charge in [-0.05, 0) is 12.1 Å². The van der Waals surface area contributed by atoms with Gasteiger partial charge in [-0.2, -0.15) is 5.10 Å². The third kappa shape index (κ3) is 1.96. The van der Waals surface area contributed by atoms with E-state index in [1.54, 1.807) is 17.1 Å². The second kappa shape index (κ2) is 4.54. The van der Waals surface area contributed by atoms with E-state index in [1.807, 2.05) is 30.5 Å². The summed E-state index contributed by atoms with van der Waals surface area (Å²) in [5.41, 5.74) is 3.44. The second-order valence-corrected chi connectivity index (χ2v) is 3.96. The van der Waals surface area contributed by atoms with Gasteiger partial charge in [-0.15, -0.1) is 0 Å². The Kier molecular flexibility index (Phi) is 2.74. The first-order valence-electron chi connectivity index (χ1n) is 5.72. The Labute approximate surface area is 104 Å². The highest BCUT2D eigenvalue weighted by Gasteiger charge is 2.05. The molecular formula is C13H12N4O. The highest BCUT2D eigenvalue weighted by molar-refractivity contribution is 5.76. The lowest BCUT2D eigenvalue weighted by atomic mass is 10.2. The number of benzene rings is 1. The van der Waals surface area contributed by atoms with Gasteiger partial charge in [0.25, 0.3) is 0 Å². The summed E-state index contributed by atoms with van der Waals surface area (Å²) in [7, 11) is 0. The van der Waals surface area contributed by atoms with Crippen LogP contribution in [0.1, 0.15) is 0 Å². The Hall–Kier alpha value is -2.27. The van der Waals surface area contributed by atoms with E-state index in [4.69, 9.17) is 5.11 Å². The van der Waals surface area contributed by atoms with Gasteiger partial charge in [0.2, 0.25) is 0 Å². The van der Waals surface area contributed by atoms with E-state index >= 15 is 0 Å². The molecular weight excluding hydrogens is 228 g/mol. The van der Waals surface area contributed by atoms with Crippen molar-refractivity contribution in [1.82, 2.24) is 19.7 Å². The Morgan fingerprint density at radius 3 is 2.78 bits per heavy atom. The molecule has 0 spiro atoms. The molecule has 3 rings (SSSR count). The number of para-hydroxylation sites is 2. The molecule has 0 atom stereocenters. The molecule has 0 saturated carbocycles. The predicted octanol–water partition coefficient (Wildman–Crippen LogP) is 1.49. The molecule has 5 nitrogen and oxygen atoms in total. The number of hydrogen-bond donors (Lipinski definition) is 1. The van der Waals surface area contributed by atoms with E-state index in [-0.39, 0.29) is 6.61 Å². The lowest BCUT2D eigenvalue weighted by molar-refractivity contribution is 0.269. The van der Waals surface area contributed by atoms with Gasteiger partial charge in [-0.25, -0.2) is 4.98 Å². The normalized spacial score (nSPS) is 10.9. The summed E-state index contributed by atoms with van der Waals surface area (Å²) >= 11 is 0. The van der Waals surface area contributed by atoms with Crippen molar-refractivity contribution in [3.63, 3.8) is 0 Å². The van der Waals surface area contributed by atoms with E-state index in [2.05, 4.69) is 15.1 Å². The van der Waals surface area contributed by atoms with Crippen LogP contribution in [-0.2, 0) is 6.54 Å². The maximum atomic E-state index is 8.85. The van der Waals surface area contributed by atoms with E-state index < -0.39 is 0 Å². The lowest BCUT2D eigenvalue weighted by Gasteiger charge is -1.99. The van der Waals surface area contributed by atoms with Gasteiger partial charge in [0.15, 0.2) is 0 Å². The summed E-state index contributed by atoms with van der Waals surface area (Å²) in [6, 6.07) is 7.75. The third-order valence-corrected chi connectivity index (χ3v) is 2.71. The van der Waals surface area contributed by atoms with Gasteiger partial charge < -0.3 is 5.11 Å². The van der Waals surface area contributed by atoms with Gasteiger partial charge in [-0.1, -0.05) is 12.1 Å². The fourth-order valence-electron chi connectivity index (χ4n) is 1.82. The minimum absolute atomic E-state index is 0.0739. The van der Waals surface area contributed by atoms with Gasteiger partial charge in [0.1, 0.15) is 0 Å². The molecule has 0 radical (unpaired) electrons. The summed E-state index contributed by atoms with van der Waals surface area (Å²) in [5.74, 6) is 0. The van der Waals surface area contributed by atoms with E-state index in [0.29, 0.717) is 6.54 Å². The average molecular weight is 240 g/mol. The molecule has 0 saturated heterocycles. The van der Waals surface area contributed by atoms with Gasteiger partial charge in [0.05, 0.1) is 42.3 Å². The quantitative estimate of drug-likeness (QED) is 0.753. The van der Waals surface area contributed by atoms with Crippen LogP contribution in [0.2, 0.25) is 0 Å². The molecule has 1 N–H and O–H groups in total. The zero-order valence-corrected chi connectivity index (χ0v) is 9.69. The number of fused-ring (bicyclic) bond motifs is 1. The molecule has 18 heavy (non-hydrogen) atoms. The van der Waals surface area contributed by atoms with Crippen LogP contribution < -0.4 is 0 Å². The van der Waals surface area contributed by atoms with Crippen LogP contribution in [-0.4, -0.2) is 31.5 Å². The van der Waals surface area contributed by atoms with Crippen molar-refractivity contribution in [3.8, 4) is 11.3 Å². The first-order chi connectivity index (χ1) is 8.86. The van der Waals surface area contributed by atoms with E-state index in [0.717, 1.165) is 22.3 Å². The second-order valence-electron chi connectivity index (χ2n) is 3.96. The molecule has 5 heteroatoms. The van der Waals surface area contributed by atoms with Gasteiger partial charge >= 0.3 is 0 Å². The van der Waals surface area contributed by atoms with Crippen molar-refractivity contribution in [1.29, 1.82) is 0 Å². The predicted molar refractivity (Wildman–Crippen MR) is 67.8 cm³/mol. The molecule has 0 unspecified atom stereocenters. The van der Waals surface area contributed by atoms with E-state index in [1.165, 1.54) is 0 Å². The van der Waals surface area contributed by atoms with Crippen LogP contribution in [0.25, 0.3) is 22.3 Å². The minimum atomic E-state index is 0.0739. The SMILES string of the molecule is OCCn1cc(-c2cnc3ccccc3n2)cn1. The van der Waals surface area contributed by atoms with Crippen LogP contribution >= 0.6 is 0 Å². The molecule has 0 aliphatic heterocycles. The Bertz CT molecular complexity index is 677. The van der Waals surface area contributed by atoms with Gasteiger partial charge in [-0.3, -0.25) is 9.67 Å². The topological polar surface area (TPSA) is 63.8 Å². The van der Waals surface area contributed by atoms with Crippen LogP contribution in [0.4, 0.5) is 0 Å². The smallest absolute Gasteiger partial charge is 0.0924 e. The van der Waals surface area contributed by atoms with Crippen molar-refractivity contribution in [2.24, 2.45) is 0 Å². The molecule has 2 heterocycles. The molecule has 0 aliphatic carbocycles. The van der Waals surface area contributed by atoms with Crippen LogP contribution in [0.5, 0.6) is 0 Å². The maximum absolute atomic E-state index is 8.85. The monoisotopic (exact) mass is 240 g/mol. The first-order valence-corrected chi connectivity index (χ1v) is 5.72. The minimum Gasteiger partial charge on any atom is -0.394 e. The molecule has 0 fully saturated rings. The highest BCUT2D eigenvalue weighted by Crippen LogP contribution is 2.18. The molecule has 0 amide bonds. The van der Waals surface area contributed by atoms with Crippen LogP contribution in [0.15, 0.2) is 42.9 Å². The molecule has 0 aliphatic rings. The van der Waals surface area contributed by atoms with Crippen molar-refractivity contribution in [2.75, 3.05) is 6.61 Å². The zero-order chi connectivity index (χ0) is 12.4.